The Labute approximate surface area is 116 Å². The molecule has 0 amide bonds. The maximum absolute atomic E-state index is 11.1. The summed E-state index contributed by atoms with van der Waals surface area (Å²) in [4.78, 5) is 27.4. The average molecular weight is 279 g/mol. The zero-order chi connectivity index (χ0) is 14.7. The summed E-state index contributed by atoms with van der Waals surface area (Å²) in [5.41, 5.74) is -0.397. The van der Waals surface area contributed by atoms with Gasteiger partial charge in [-0.1, -0.05) is 13.3 Å². The fraction of sp³-hybridized carbons (Fsp3) is 0.538. The monoisotopic (exact) mass is 279 g/mol. The number of carboxylic acid groups (broad SMARTS) is 1. The molecule has 1 atom stereocenters. The lowest BCUT2D eigenvalue weighted by Gasteiger charge is -2.32. The number of rotatable bonds is 4. The van der Waals surface area contributed by atoms with Crippen LogP contribution < -0.4 is 4.90 Å². The van der Waals surface area contributed by atoms with Crippen molar-refractivity contribution in [3.63, 3.8) is 0 Å². The van der Waals surface area contributed by atoms with Crippen molar-refractivity contribution >= 4 is 17.5 Å². The number of hydrogen-bond donors (Lipinski definition) is 1. The zero-order valence-corrected chi connectivity index (χ0v) is 11.3. The third-order valence-electron chi connectivity index (χ3n) is 3.69. The average Bonchev–Trinajstić information content (AvgIpc) is 2.46. The molecule has 20 heavy (non-hydrogen) atoms. The third-order valence-corrected chi connectivity index (χ3v) is 3.69. The van der Waals surface area contributed by atoms with E-state index in [0.29, 0.717) is 5.92 Å². The molecule has 1 aromatic rings. The summed E-state index contributed by atoms with van der Waals surface area (Å²) in [6.07, 6.45) is 4.30. The molecule has 1 fully saturated rings. The Morgan fingerprint density at radius 2 is 2.40 bits per heavy atom. The molecule has 0 radical (unpaired) electrons. The molecule has 0 bridgehead atoms. The van der Waals surface area contributed by atoms with Crippen LogP contribution in [0.25, 0.3) is 0 Å². The van der Waals surface area contributed by atoms with Gasteiger partial charge in [0.2, 0.25) is 5.82 Å². The lowest BCUT2D eigenvalue weighted by Crippen LogP contribution is -2.36. The molecule has 7 heteroatoms. The first-order chi connectivity index (χ1) is 9.52. The Morgan fingerprint density at radius 3 is 3.00 bits per heavy atom. The molecule has 0 spiro atoms. The van der Waals surface area contributed by atoms with Crippen LogP contribution >= 0.6 is 0 Å². The molecule has 0 saturated carbocycles. The quantitative estimate of drug-likeness (QED) is 0.671. The lowest BCUT2D eigenvalue weighted by molar-refractivity contribution is -0.384. The van der Waals surface area contributed by atoms with Gasteiger partial charge in [-0.15, -0.1) is 0 Å². The summed E-state index contributed by atoms with van der Waals surface area (Å²) in [6, 6.07) is 1.08. The van der Waals surface area contributed by atoms with Crippen LogP contribution in [0.3, 0.4) is 0 Å². The topological polar surface area (TPSA) is 96.6 Å². The van der Waals surface area contributed by atoms with E-state index in [-0.39, 0.29) is 17.1 Å². The fourth-order valence-corrected chi connectivity index (χ4v) is 2.53. The number of pyridine rings is 1. The van der Waals surface area contributed by atoms with Gasteiger partial charge in [0.15, 0.2) is 0 Å². The van der Waals surface area contributed by atoms with Crippen molar-refractivity contribution in [1.29, 1.82) is 0 Å². The number of piperidine rings is 1. The Hall–Kier alpha value is -2.18. The molecule has 1 N–H and O–H groups in total. The number of aromatic carboxylic acids is 1. The largest absolute Gasteiger partial charge is 0.478 e. The SMILES string of the molecule is CCC1CCCN(c2ncc(C(=O)O)cc2[N+](=O)[O-])C1. The number of carboxylic acids is 1. The standard InChI is InChI=1S/C13H17N3O4/c1-2-9-4-3-5-15(8-9)12-11(16(19)20)6-10(7-14-12)13(17)18/h6-7,9H,2-5,8H2,1H3,(H,17,18). The second-order valence-corrected chi connectivity index (χ2v) is 4.99. The van der Waals surface area contributed by atoms with E-state index in [2.05, 4.69) is 11.9 Å². The molecule has 1 aliphatic rings. The molecule has 1 aliphatic heterocycles. The van der Waals surface area contributed by atoms with Crippen molar-refractivity contribution in [2.45, 2.75) is 26.2 Å². The predicted octanol–water partition coefficient (Wildman–Crippen LogP) is 2.31. The highest BCUT2D eigenvalue weighted by Crippen LogP contribution is 2.30. The second kappa shape index (κ2) is 5.85. The van der Waals surface area contributed by atoms with E-state index in [9.17, 15) is 14.9 Å². The van der Waals surface area contributed by atoms with Gasteiger partial charge in [-0.25, -0.2) is 9.78 Å². The fourth-order valence-electron chi connectivity index (χ4n) is 2.53. The minimum absolute atomic E-state index is 0.162. The molecule has 1 saturated heterocycles. The van der Waals surface area contributed by atoms with E-state index >= 15 is 0 Å². The number of aromatic nitrogens is 1. The molecule has 1 aromatic heterocycles. The Morgan fingerprint density at radius 1 is 1.65 bits per heavy atom. The van der Waals surface area contributed by atoms with Gasteiger partial charge in [0.25, 0.3) is 0 Å². The number of nitrogens with zero attached hydrogens (tertiary/aromatic N) is 3. The molecule has 108 valence electrons. The van der Waals surface area contributed by atoms with Crippen LogP contribution in [-0.4, -0.2) is 34.1 Å². The van der Waals surface area contributed by atoms with Crippen molar-refractivity contribution in [2.75, 3.05) is 18.0 Å². The number of nitro groups is 1. The molecular weight excluding hydrogens is 262 g/mol. The second-order valence-electron chi connectivity index (χ2n) is 4.99. The Bertz CT molecular complexity index is 532. The van der Waals surface area contributed by atoms with Gasteiger partial charge in [-0.05, 0) is 18.8 Å². The Kier molecular flexibility index (Phi) is 4.16. The summed E-state index contributed by atoms with van der Waals surface area (Å²) in [5, 5.41) is 20.0. The van der Waals surface area contributed by atoms with Crippen molar-refractivity contribution in [3.8, 4) is 0 Å². The van der Waals surface area contributed by atoms with Gasteiger partial charge in [0, 0.05) is 25.4 Å². The number of hydrogen-bond acceptors (Lipinski definition) is 5. The Balaban J connectivity index is 2.35. The van der Waals surface area contributed by atoms with Crippen molar-refractivity contribution in [2.24, 2.45) is 5.92 Å². The molecule has 0 aromatic carbocycles. The third kappa shape index (κ3) is 2.87. The summed E-state index contributed by atoms with van der Waals surface area (Å²) < 4.78 is 0. The maximum atomic E-state index is 11.1. The predicted molar refractivity (Wildman–Crippen MR) is 73.1 cm³/mol. The van der Waals surface area contributed by atoms with Crippen LogP contribution in [0, 0.1) is 16.0 Å². The molecule has 7 nitrogen and oxygen atoms in total. The molecular formula is C13H17N3O4. The van der Waals surface area contributed by atoms with Gasteiger partial charge in [0.1, 0.15) is 0 Å². The summed E-state index contributed by atoms with van der Waals surface area (Å²) >= 11 is 0. The number of carbonyl (C=O) groups is 1. The summed E-state index contributed by atoms with van der Waals surface area (Å²) in [6.45, 7) is 3.55. The van der Waals surface area contributed by atoms with Crippen molar-refractivity contribution in [1.82, 2.24) is 4.98 Å². The van der Waals surface area contributed by atoms with Crippen LogP contribution in [0.1, 0.15) is 36.5 Å². The summed E-state index contributed by atoms with van der Waals surface area (Å²) in [7, 11) is 0. The van der Waals surface area contributed by atoms with Gasteiger partial charge in [0.05, 0.1) is 10.5 Å². The van der Waals surface area contributed by atoms with Gasteiger partial charge < -0.3 is 10.0 Å². The first-order valence-corrected chi connectivity index (χ1v) is 6.65. The van der Waals surface area contributed by atoms with Gasteiger partial charge in [-0.2, -0.15) is 0 Å². The minimum atomic E-state index is -1.21. The van der Waals surface area contributed by atoms with Crippen LogP contribution in [0.2, 0.25) is 0 Å². The van der Waals surface area contributed by atoms with E-state index < -0.39 is 10.9 Å². The highest BCUT2D eigenvalue weighted by Gasteiger charge is 2.27. The van der Waals surface area contributed by atoms with E-state index in [1.165, 1.54) is 6.20 Å². The van der Waals surface area contributed by atoms with Crippen molar-refractivity contribution < 1.29 is 14.8 Å². The van der Waals surface area contributed by atoms with Gasteiger partial charge in [-0.3, -0.25) is 10.1 Å². The van der Waals surface area contributed by atoms with E-state index in [1.807, 2.05) is 4.90 Å². The van der Waals surface area contributed by atoms with Crippen molar-refractivity contribution in [3.05, 3.63) is 27.9 Å². The van der Waals surface area contributed by atoms with E-state index in [1.54, 1.807) is 0 Å². The first kappa shape index (κ1) is 14.2. The highest BCUT2D eigenvalue weighted by molar-refractivity contribution is 5.88. The number of anilines is 1. The van der Waals surface area contributed by atoms with E-state index in [4.69, 9.17) is 5.11 Å². The van der Waals surface area contributed by atoms with Crippen LogP contribution in [0.15, 0.2) is 12.3 Å². The van der Waals surface area contributed by atoms with E-state index in [0.717, 1.165) is 38.4 Å². The molecule has 2 rings (SSSR count). The lowest BCUT2D eigenvalue weighted by atomic mass is 9.95. The normalized spacial score (nSPS) is 18.9. The smallest absolute Gasteiger partial charge is 0.337 e. The summed E-state index contributed by atoms with van der Waals surface area (Å²) in [5.74, 6) is -0.431. The maximum Gasteiger partial charge on any atom is 0.337 e. The molecule has 1 unspecified atom stereocenters. The van der Waals surface area contributed by atoms with Crippen LogP contribution in [0.4, 0.5) is 11.5 Å². The highest BCUT2D eigenvalue weighted by atomic mass is 16.6. The van der Waals surface area contributed by atoms with Crippen LogP contribution in [-0.2, 0) is 0 Å². The van der Waals surface area contributed by atoms with Crippen LogP contribution in [0.5, 0.6) is 0 Å². The van der Waals surface area contributed by atoms with Gasteiger partial charge >= 0.3 is 11.7 Å². The molecule has 0 aliphatic carbocycles. The zero-order valence-electron chi connectivity index (χ0n) is 11.3. The first-order valence-electron chi connectivity index (χ1n) is 6.65. The molecule has 2 heterocycles. The minimum Gasteiger partial charge on any atom is -0.478 e.